The summed E-state index contributed by atoms with van der Waals surface area (Å²) in [5.74, 6) is 0.237. The number of aryl methyl sites for hydroxylation is 2. The van der Waals surface area contributed by atoms with Crippen LogP contribution in [0.25, 0.3) is 23.3 Å². The van der Waals surface area contributed by atoms with E-state index in [9.17, 15) is 0 Å². The van der Waals surface area contributed by atoms with Gasteiger partial charge in [0, 0.05) is 17.3 Å². The molecule has 0 spiro atoms. The highest BCUT2D eigenvalue weighted by Gasteiger charge is 2.43. The van der Waals surface area contributed by atoms with E-state index in [1.165, 1.54) is 157 Å². The van der Waals surface area contributed by atoms with Crippen molar-refractivity contribution >= 4 is 12.2 Å². The third kappa shape index (κ3) is 10.1. The maximum absolute atomic E-state index is 4.15. The van der Waals surface area contributed by atoms with Crippen molar-refractivity contribution in [3.8, 4) is 11.1 Å². The van der Waals surface area contributed by atoms with Crippen LogP contribution in [0, 0.1) is 13.8 Å². The molecule has 6 aromatic carbocycles. The third-order valence-electron chi connectivity index (χ3n) is 13.7. The lowest BCUT2D eigenvalue weighted by atomic mass is 9.69. The molecule has 0 aliphatic heterocycles. The number of fused-ring (bicyclic) bond motifs is 3. The van der Waals surface area contributed by atoms with Gasteiger partial charge < -0.3 is 0 Å². The SMILES string of the molecule is C=Cc1cccc(C(c2cccc(C)c2)c2ccc3c(c2)C(CCCCCCCC)(CCCCCCCC)c2cc(C(c4cccc(C)c4)c4cccc(C=C)c4)ccc2-3)c1. The largest absolute Gasteiger partial charge is 0.0985 e. The van der Waals surface area contributed by atoms with Crippen LogP contribution in [0.2, 0.25) is 0 Å². The normalized spacial score (nSPS) is 13.6. The predicted octanol–water partition coefficient (Wildman–Crippen LogP) is 17.7. The Balaban J connectivity index is 1.42. The van der Waals surface area contributed by atoms with Crippen LogP contribution in [0.4, 0.5) is 0 Å². The zero-order valence-electron chi connectivity index (χ0n) is 37.8. The van der Waals surface area contributed by atoms with Crippen LogP contribution in [0.5, 0.6) is 0 Å². The highest BCUT2D eigenvalue weighted by atomic mass is 14.5. The second-order valence-corrected chi connectivity index (χ2v) is 18.2. The molecule has 0 heterocycles. The fraction of sp³-hybridized carbons (Fsp3) is 0.344. The van der Waals surface area contributed by atoms with Crippen LogP contribution in [-0.4, -0.2) is 0 Å². The molecule has 0 aromatic heterocycles. The van der Waals surface area contributed by atoms with Gasteiger partial charge >= 0.3 is 0 Å². The van der Waals surface area contributed by atoms with E-state index < -0.39 is 0 Å². The van der Waals surface area contributed by atoms with Crippen molar-refractivity contribution in [3.05, 3.63) is 213 Å². The Hall–Kier alpha value is -5.20. The third-order valence-corrected chi connectivity index (χ3v) is 13.7. The summed E-state index contributed by atoms with van der Waals surface area (Å²) < 4.78 is 0. The predicted molar refractivity (Wildman–Crippen MR) is 266 cm³/mol. The van der Waals surface area contributed by atoms with Crippen LogP contribution in [0.15, 0.2) is 147 Å². The first-order valence-corrected chi connectivity index (χ1v) is 23.8. The van der Waals surface area contributed by atoms with Crippen LogP contribution >= 0.6 is 0 Å². The van der Waals surface area contributed by atoms with Crippen LogP contribution in [0.1, 0.15) is 182 Å². The second kappa shape index (κ2) is 21.1. The molecule has 0 amide bonds. The summed E-state index contributed by atoms with van der Waals surface area (Å²) in [6, 6.07) is 51.7. The Bertz CT molecular complexity index is 2220. The standard InChI is InChI=1S/C61H70/c1-7-11-13-15-17-19-37-61(38-20-18-16-14-12-8-2)57-43-53(59(49-29-21-25-45(5)39-49)51-31-23-27-47(9-3)41-51)33-35-55(57)56-36-34-54(44-58(56)61)60(50-30-22-26-46(6)40-50)52-32-24-28-48(10-4)42-52/h9-10,21-36,39-44,59-60H,3-4,7-8,11-20,37-38H2,1-2,5-6H3. The Morgan fingerprint density at radius 3 is 1.16 bits per heavy atom. The van der Waals surface area contributed by atoms with E-state index in [1.54, 1.807) is 11.1 Å². The Labute approximate surface area is 369 Å². The van der Waals surface area contributed by atoms with Gasteiger partial charge in [0.25, 0.3) is 0 Å². The maximum Gasteiger partial charge on any atom is 0.0340 e. The van der Waals surface area contributed by atoms with Crippen LogP contribution < -0.4 is 0 Å². The van der Waals surface area contributed by atoms with E-state index in [1.807, 2.05) is 12.2 Å². The average Bonchev–Trinajstić information content (AvgIpc) is 3.54. The maximum atomic E-state index is 4.15. The van der Waals surface area contributed by atoms with Gasteiger partial charge in [-0.3, -0.25) is 0 Å². The summed E-state index contributed by atoms with van der Waals surface area (Å²) in [6.45, 7) is 17.4. The van der Waals surface area contributed by atoms with Crippen molar-refractivity contribution in [1.82, 2.24) is 0 Å². The van der Waals surface area contributed by atoms with E-state index in [0.717, 1.165) is 0 Å². The first kappa shape index (κ1) is 43.9. The lowest BCUT2D eigenvalue weighted by Crippen LogP contribution is -2.26. The highest BCUT2D eigenvalue weighted by molar-refractivity contribution is 5.82. The molecule has 61 heavy (non-hydrogen) atoms. The zero-order valence-corrected chi connectivity index (χ0v) is 37.8. The minimum atomic E-state index is -0.0631. The van der Waals surface area contributed by atoms with Crippen molar-refractivity contribution < 1.29 is 0 Å². The van der Waals surface area contributed by atoms with E-state index in [4.69, 9.17) is 0 Å². The molecule has 0 bridgehead atoms. The highest BCUT2D eigenvalue weighted by Crippen LogP contribution is 2.56. The summed E-state index contributed by atoms with van der Waals surface area (Å²) in [4.78, 5) is 0. The Kier molecular flexibility index (Phi) is 15.1. The molecule has 6 aromatic rings. The average molecular weight is 803 g/mol. The van der Waals surface area contributed by atoms with Gasteiger partial charge in [0.2, 0.25) is 0 Å². The molecule has 2 atom stereocenters. The van der Waals surface area contributed by atoms with Crippen molar-refractivity contribution in [2.24, 2.45) is 0 Å². The summed E-state index contributed by atoms with van der Waals surface area (Å²) in [5.41, 5.74) is 18.9. The molecule has 1 aliphatic rings. The molecule has 2 unspecified atom stereocenters. The van der Waals surface area contributed by atoms with Crippen molar-refractivity contribution in [2.75, 3.05) is 0 Å². The van der Waals surface area contributed by atoms with Crippen LogP contribution in [0.3, 0.4) is 0 Å². The molecule has 0 N–H and O–H groups in total. The van der Waals surface area contributed by atoms with Gasteiger partial charge in [-0.15, -0.1) is 0 Å². The molecular weight excluding hydrogens is 733 g/mol. The topological polar surface area (TPSA) is 0 Å². The van der Waals surface area contributed by atoms with Gasteiger partial charge in [0.1, 0.15) is 0 Å². The van der Waals surface area contributed by atoms with Gasteiger partial charge in [0.05, 0.1) is 0 Å². The molecule has 0 saturated carbocycles. The van der Waals surface area contributed by atoms with E-state index in [-0.39, 0.29) is 17.3 Å². The smallest absolute Gasteiger partial charge is 0.0340 e. The molecule has 7 rings (SSSR count). The minimum Gasteiger partial charge on any atom is -0.0985 e. The number of benzene rings is 6. The molecule has 0 radical (unpaired) electrons. The number of hydrogen-bond acceptors (Lipinski definition) is 0. The van der Waals surface area contributed by atoms with Gasteiger partial charge in [-0.2, -0.15) is 0 Å². The van der Waals surface area contributed by atoms with E-state index >= 15 is 0 Å². The van der Waals surface area contributed by atoms with E-state index in [2.05, 4.69) is 174 Å². The fourth-order valence-electron chi connectivity index (χ4n) is 10.6. The Morgan fingerprint density at radius 2 is 0.770 bits per heavy atom. The Morgan fingerprint density at radius 1 is 0.410 bits per heavy atom. The van der Waals surface area contributed by atoms with Crippen LogP contribution in [-0.2, 0) is 5.41 Å². The van der Waals surface area contributed by atoms with Crippen molar-refractivity contribution in [1.29, 1.82) is 0 Å². The number of unbranched alkanes of at least 4 members (excludes halogenated alkanes) is 10. The summed E-state index contributed by atoms with van der Waals surface area (Å²) in [6.07, 6.45) is 22.0. The van der Waals surface area contributed by atoms with E-state index in [0.29, 0.717) is 0 Å². The molecule has 1 aliphatic carbocycles. The monoisotopic (exact) mass is 803 g/mol. The molecule has 0 fully saturated rings. The van der Waals surface area contributed by atoms with Gasteiger partial charge in [0.15, 0.2) is 0 Å². The summed E-state index contributed by atoms with van der Waals surface area (Å²) in [5, 5.41) is 0. The van der Waals surface area contributed by atoms with Gasteiger partial charge in [-0.25, -0.2) is 0 Å². The lowest BCUT2D eigenvalue weighted by Gasteiger charge is -2.34. The number of hydrogen-bond donors (Lipinski definition) is 0. The van der Waals surface area contributed by atoms with Crippen molar-refractivity contribution in [3.63, 3.8) is 0 Å². The molecular formula is C61H70. The minimum absolute atomic E-state index is 0.0631. The first-order valence-electron chi connectivity index (χ1n) is 23.8. The number of rotatable bonds is 22. The molecule has 314 valence electrons. The first-order chi connectivity index (χ1) is 29.9. The molecule has 0 nitrogen and oxygen atoms in total. The molecule has 0 saturated heterocycles. The molecule has 0 heteroatoms. The zero-order chi connectivity index (χ0) is 42.6. The fourth-order valence-corrected chi connectivity index (χ4v) is 10.6. The van der Waals surface area contributed by atoms with Crippen molar-refractivity contribution in [2.45, 2.75) is 135 Å². The lowest BCUT2D eigenvalue weighted by molar-refractivity contribution is 0.397. The quantitative estimate of drug-likeness (QED) is 0.0474. The van der Waals surface area contributed by atoms with Gasteiger partial charge in [-0.1, -0.05) is 261 Å². The summed E-state index contributed by atoms with van der Waals surface area (Å²) >= 11 is 0. The van der Waals surface area contributed by atoms with Gasteiger partial charge in [-0.05, 0) is 93.5 Å². The second-order valence-electron chi connectivity index (χ2n) is 18.2. The summed E-state index contributed by atoms with van der Waals surface area (Å²) in [7, 11) is 0.